The largest absolute Gasteiger partial charge is 0.339 e. The van der Waals surface area contributed by atoms with E-state index in [-0.39, 0.29) is 11.8 Å². The first-order valence-electron chi connectivity index (χ1n) is 5.80. The number of sulfone groups is 1. The van der Waals surface area contributed by atoms with E-state index in [1.54, 1.807) is 14.0 Å². The van der Waals surface area contributed by atoms with Gasteiger partial charge in [-0.2, -0.15) is 19.3 Å². The Balaban J connectivity index is 2.86. The van der Waals surface area contributed by atoms with Gasteiger partial charge in [-0.1, -0.05) is 6.58 Å². The van der Waals surface area contributed by atoms with Gasteiger partial charge in [0.2, 0.25) is 5.95 Å². The molecule has 2 atom stereocenters. The van der Waals surface area contributed by atoms with Crippen molar-refractivity contribution in [1.29, 1.82) is 0 Å². The Morgan fingerprint density at radius 3 is 2.45 bits per heavy atom. The number of halogens is 1. The maximum Gasteiger partial charge on any atom is 0.313 e. The second kappa shape index (κ2) is 6.23. The van der Waals surface area contributed by atoms with Crippen LogP contribution in [0.3, 0.4) is 0 Å². The van der Waals surface area contributed by atoms with Gasteiger partial charge in [-0.05, 0) is 20.8 Å². The van der Waals surface area contributed by atoms with E-state index in [0.29, 0.717) is 0 Å². The minimum Gasteiger partial charge on any atom is -0.339 e. The molecule has 0 radical (unpaired) electrons. The van der Waals surface area contributed by atoms with Crippen molar-refractivity contribution >= 4 is 15.8 Å². The summed E-state index contributed by atoms with van der Waals surface area (Å²) in [5.41, 5.74) is -1.08. The third-order valence-electron chi connectivity index (χ3n) is 2.65. The van der Waals surface area contributed by atoms with Gasteiger partial charge in [0.05, 0.1) is 0 Å². The van der Waals surface area contributed by atoms with Crippen LogP contribution in [0.1, 0.15) is 19.7 Å². The summed E-state index contributed by atoms with van der Waals surface area (Å²) in [6.45, 7) is 7.74. The fourth-order valence-electron chi connectivity index (χ4n) is 1.34. The van der Waals surface area contributed by atoms with E-state index in [2.05, 4.69) is 21.5 Å². The van der Waals surface area contributed by atoms with Crippen molar-refractivity contribution in [3.63, 3.8) is 0 Å². The highest BCUT2D eigenvalue weighted by molar-refractivity contribution is 7.94. The Bertz CT molecular complexity index is 573. The van der Waals surface area contributed by atoms with Gasteiger partial charge in [0, 0.05) is 12.5 Å². The first-order valence-corrected chi connectivity index (χ1v) is 7.41. The molecule has 20 heavy (non-hydrogen) atoms. The Hall–Kier alpha value is -1.61. The van der Waals surface area contributed by atoms with E-state index in [4.69, 9.17) is 4.74 Å². The van der Waals surface area contributed by atoms with E-state index in [1.807, 2.05) is 0 Å². The molecule has 0 aliphatic rings. The standard InChI is InChI=1S/C11H17FN4O3S/c1-6-20(17,18)9(4)19-8(3)16(5)11-14-7(2)13-10(12)15-11/h6,8-9H,1H2,2-5H3. The Morgan fingerprint density at radius 2 is 1.95 bits per heavy atom. The number of aryl methyl sites for hydroxylation is 1. The zero-order valence-electron chi connectivity index (χ0n) is 11.7. The van der Waals surface area contributed by atoms with Crippen LogP contribution >= 0.6 is 0 Å². The van der Waals surface area contributed by atoms with Crippen LogP contribution in [0.2, 0.25) is 0 Å². The minimum atomic E-state index is -3.54. The highest BCUT2D eigenvalue weighted by Gasteiger charge is 2.23. The van der Waals surface area contributed by atoms with Crippen LogP contribution in [0.5, 0.6) is 0 Å². The highest BCUT2D eigenvalue weighted by Crippen LogP contribution is 2.14. The number of ether oxygens (including phenoxy) is 1. The number of nitrogens with zero attached hydrogens (tertiary/aromatic N) is 4. The summed E-state index contributed by atoms with van der Waals surface area (Å²) in [5.74, 6) is 0.281. The van der Waals surface area contributed by atoms with Gasteiger partial charge in [0.1, 0.15) is 12.1 Å². The van der Waals surface area contributed by atoms with Crippen molar-refractivity contribution in [1.82, 2.24) is 15.0 Å². The number of hydrogen-bond acceptors (Lipinski definition) is 7. The van der Waals surface area contributed by atoms with Crippen molar-refractivity contribution in [3.05, 3.63) is 23.9 Å². The fraction of sp³-hybridized carbons (Fsp3) is 0.545. The molecule has 1 aromatic rings. The summed E-state index contributed by atoms with van der Waals surface area (Å²) in [5, 5.41) is 0.830. The van der Waals surface area contributed by atoms with Gasteiger partial charge in [0.25, 0.3) is 0 Å². The number of hydrogen-bond donors (Lipinski definition) is 0. The molecule has 9 heteroatoms. The fourth-order valence-corrected chi connectivity index (χ4v) is 1.92. The molecule has 0 N–H and O–H groups in total. The molecule has 1 aromatic heterocycles. The third-order valence-corrected chi connectivity index (χ3v) is 4.15. The van der Waals surface area contributed by atoms with Gasteiger partial charge >= 0.3 is 6.08 Å². The van der Waals surface area contributed by atoms with Crippen LogP contribution in [0.4, 0.5) is 10.3 Å². The Morgan fingerprint density at radius 1 is 1.35 bits per heavy atom. The maximum absolute atomic E-state index is 13.1. The molecule has 2 unspecified atom stereocenters. The second-order valence-electron chi connectivity index (χ2n) is 4.12. The van der Waals surface area contributed by atoms with E-state index in [9.17, 15) is 12.8 Å². The summed E-state index contributed by atoms with van der Waals surface area (Å²) in [7, 11) is -1.98. The molecular weight excluding hydrogens is 287 g/mol. The normalized spacial score (nSPS) is 14.7. The van der Waals surface area contributed by atoms with E-state index < -0.39 is 27.6 Å². The average molecular weight is 304 g/mol. The second-order valence-corrected chi connectivity index (χ2v) is 6.30. The van der Waals surface area contributed by atoms with Crippen LogP contribution < -0.4 is 4.90 Å². The summed E-state index contributed by atoms with van der Waals surface area (Å²) >= 11 is 0. The van der Waals surface area contributed by atoms with Crippen molar-refractivity contribution in [2.24, 2.45) is 0 Å². The molecular formula is C11H17FN4O3S. The zero-order valence-corrected chi connectivity index (χ0v) is 12.6. The topological polar surface area (TPSA) is 85.3 Å². The highest BCUT2D eigenvalue weighted by atomic mass is 32.2. The Labute approximate surface area is 117 Å². The molecule has 0 saturated carbocycles. The van der Waals surface area contributed by atoms with E-state index in [1.165, 1.54) is 18.7 Å². The molecule has 0 fully saturated rings. The lowest BCUT2D eigenvalue weighted by Gasteiger charge is -2.27. The summed E-state index contributed by atoms with van der Waals surface area (Å²) in [4.78, 5) is 12.3. The molecule has 112 valence electrons. The number of rotatable bonds is 6. The van der Waals surface area contributed by atoms with Crippen LogP contribution in [0.25, 0.3) is 0 Å². The first-order chi connectivity index (χ1) is 9.17. The number of aromatic nitrogens is 3. The van der Waals surface area contributed by atoms with Gasteiger partial charge in [-0.25, -0.2) is 8.42 Å². The van der Waals surface area contributed by atoms with Crippen LogP contribution in [-0.4, -0.2) is 42.1 Å². The van der Waals surface area contributed by atoms with E-state index in [0.717, 1.165) is 5.41 Å². The first kappa shape index (κ1) is 16.4. The Kier molecular flexibility index (Phi) is 5.12. The maximum atomic E-state index is 13.1. The van der Waals surface area contributed by atoms with E-state index >= 15 is 0 Å². The molecule has 0 saturated heterocycles. The lowest BCUT2D eigenvalue weighted by molar-refractivity contribution is 0.0515. The molecule has 0 amide bonds. The summed E-state index contributed by atoms with van der Waals surface area (Å²) in [6.07, 6.45) is -1.58. The zero-order chi connectivity index (χ0) is 15.5. The van der Waals surface area contributed by atoms with Crippen molar-refractivity contribution < 1.29 is 17.5 Å². The van der Waals surface area contributed by atoms with Crippen molar-refractivity contribution in [2.75, 3.05) is 11.9 Å². The SMILES string of the molecule is C=CS(=O)(=O)C(C)OC(C)N(C)c1nc(C)nc(F)n1. The monoisotopic (exact) mass is 304 g/mol. The molecule has 0 aliphatic heterocycles. The van der Waals surface area contributed by atoms with Crippen LogP contribution in [0, 0.1) is 13.0 Å². The quantitative estimate of drug-likeness (QED) is 0.725. The lowest BCUT2D eigenvalue weighted by Crippen LogP contribution is -2.37. The predicted molar refractivity (Wildman–Crippen MR) is 72.1 cm³/mol. The molecule has 0 bridgehead atoms. The molecule has 0 spiro atoms. The van der Waals surface area contributed by atoms with Crippen LogP contribution in [0.15, 0.2) is 12.0 Å². The average Bonchev–Trinajstić information content (AvgIpc) is 2.36. The molecule has 1 rings (SSSR count). The van der Waals surface area contributed by atoms with Gasteiger partial charge in [-0.3, -0.25) is 0 Å². The smallest absolute Gasteiger partial charge is 0.313 e. The summed E-state index contributed by atoms with van der Waals surface area (Å²) < 4.78 is 41.5. The lowest BCUT2D eigenvalue weighted by atomic mass is 10.5. The van der Waals surface area contributed by atoms with Gasteiger partial charge in [-0.15, -0.1) is 0 Å². The molecule has 0 aliphatic carbocycles. The molecule has 1 heterocycles. The van der Waals surface area contributed by atoms with Crippen molar-refractivity contribution in [3.8, 4) is 0 Å². The van der Waals surface area contributed by atoms with Gasteiger partial charge in [0.15, 0.2) is 15.3 Å². The minimum absolute atomic E-state index is 0.0608. The number of anilines is 1. The van der Waals surface area contributed by atoms with Crippen molar-refractivity contribution in [2.45, 2.75) is 32.4 Å². The van der Waals surface area contributed by atoms with Crippen LogP contribution in [-0.2, 0) is 14.6 Å². The van der Waals surface area contributed by atoms with Gasteiger partial charge < -0.3 is 9.64 Å². The predicted octanol–water partition coefficient (Wildman–Crippen LogP) is 1.02. The third kappa shape index (κ3) is 3.94. The molecule has 7 nitrogen and oxygen atoms in total. The summed E-state index contributed by atoms with van der Waals surface area (Å²) in [6, 6.07) is 0. The molecule has 0 aromatic carbocycles.